The van der Waals surface area contributed by atoms with Crippen LogP contribution in [0.25, 0.3) is 0 Å². The zero-order valence-electron chi connectivity index (χ0n) is 10.5. The monoisotopic (exact) mass is 236 g/mol. The lowest BCUT2D eigenvalue weighted by molar-refractivity contribution is 0.329. The molecule has 1 fully saturated rings. The van der Waals surface area contributed by atoms with Crippen LogP contribution in [-0.4, -0.2) is 33.9 Å². The average molecular weight is 236 g/mol. The molecule has 0 aromatic heterocycles. The van der Waals surface area contributed by atoms with Crippen LogP contribution in [0.15, 0.2) is 18.2 Å². The highest BCUT2D eigenvalue weighted by molar-refractivity contribution is 5.40. The van der Waals surface area contributed by atoms with Gasteiger partial charge in [-0.3, -0.25) is 0 Å². The molecule has 0 spiro atoms. The molecule has 2 N–H and O–H groups in total. The highest BCUT2D eigenvalue weighted by Gasteiger charge is 2.15. The maximum Gasteiger partial charge on any atom is 0.127 e. The van der Waals surface area contributed by atoms with E-state index in [1.165, 1.54) is 5.56 Å². The molecule has 0 amide bonds. The molecular formula is C13H20N2O2. The van der Waals surface area contributed by atoms with Crippen molar-refractivity contribution >= 4 is 0 Å². The normalized spacial score (nSPS) is 15.4. The van der Waals surface area contributed by atoms with E-state index in [0.717, 1.165) is 43.6 Å². The van der Waals surface area contributed by atoms with Crippen molar-refractivity contribution in [2.45, 2.75) is 6.54 Å². The number of benzene rings is 1. The Morgan fingerprint density at radius 3 is 2.71 bits per heavy atom. The van der Waals surface area contributed by atoms with E-state index in [2.05, 4.69) is 10.6 Å². The molecule has 1 aromatic carbocycles. The zero-order chi connectivity index (χ0) is 12.1. The molecule has 4 heteroatoms. The first-order valence-electron chi connectivity index (χ1n) is 5.96. The van der Waals surface area contributed by atoms with E-state index >= 15 is 0 Å². The Balaban J connectivity index is 1.89. The third-order valence-corrected chi connectivity index (χ3v) is 3.11. The molecule has 2 rings (SSSR count). The van der Waals surface area contributed by atoms with Gasteiger partial charge in [-0.2, -0.15) is 0 Å². The van der Waals surface area contributed by atoms with E-state index in [0.29, 0.717) is 0 Å². The lowest BCUT2D eigenvalue weighted by atomic mass is 10.0. The van der Waals surface area contributed by atoms with Crippen LogP contribution < -0.4 is 20.1 Å². The molecule has 1 aromatic rings. The Morgan fingerprint density at radius 2 is 2.12 bits per heavy atom. The number of hydrogen-bond acceptors (Lipinski definition) is 4. The molecule has 1 aliphatic rings. The van der Waals surface area contributed by atoms with Crippen LogP contribution in [0.3, 0.4) is 0 Å². The van der Waals surface area contributed by atoms with Crippen molar-refractivity contribution in [3.63, 3.8) is 0 Å². The molecule has 4 nitrogen and oxygen atoms in total. The summed E-state index contributed by atoms with van der Waals surface area (Å²) in [5.74, 6) is 2.48. The van der Waals surface area contributed by atoms with Gasteiger partial charge in [-0.25, -0.2) is 0 Å². The summed E-state index contributed by atoms with van der Waals surface area (Å²) >= 11 is 0. The van der Waals surface area contributed by atoms with Crippen LogP contribution in [0.1, 0.15) is 5.56 Å². The van der Waals surface area contributed by atoms with Crippen LogP contribution >= 0.6 is 0 Å². The largest absolute Gasteiger partial charge is 0.497 e. The quantitative estimate of drug-likeness (QED) is 0.773. The molecule has 0 unspecified atom stereocenters. The topological polar surface area (TPSA) is 42.5 Å². The fraction of sp³-hybridized carbons (Fsp3) is 0.538. The second-order valence-corrected chi connectivity index (χ2v) is 4.33. The van der Waals surface area contributed by atoms with Gasteiger partial charge in [0.05, 0.1) is 14.2 Å². The van der Waals surface area contributed by atoms with Gasteiger partial charge in [0.1, 0.15) is 11.5 Å². The van der Waals surface area contributed by atoms with Crippen molar-refractivity contribution in [1.82, 2.24) is 10.6 Å². The molecule has 0 atom stereocenters. The second kappa shape index (κ2) is 5.89. The van der Waals surface area contributed by atoms with Crippen molar-refractivity contribution in [2.75, 3.05) is 33.9 Å². The third kappa shape index (κ3) is 3.11. The highest BCUT2D eigenvalue weighted by atomic mass is 16.5. The minimum atomic E-state index is 0.777. The van der Waals surface area contributed by atoms with E-state index in [9.17, 15) is 0 Å². The van der Waals surface area contributed by atoms with E-state index in [-0.39, 0.29) is 0 Å². The predicted octanol–water partition coefficient (Wildman–Crippen LogP) is 1.01. The molecule has 1 heterocycles. The zero-order valence-corrected chi connectivity index (χ0v) is 10.5. The van der Waals surface area contributed by atoms with Crippen LogP contribution in [0.5, 0.6) is 11.5 Å². The summed E-state index contributed by atoms with van der Waals surface area (Å²) in [5, 5.41) is 6.72. The first-order chi connectivity index (χ1) is 8.33. The van der Waals surface area contributed by atoms with Crippen LogP contribution in [-0.2, 0) is 6.54 Å². The fourth-order valence-electron chi connectivity index (χ4n) is 1.90. The van der Waals surface area contributed by atoms with E-state index < -0.39 is 0 Å². The molecule has 1 aliphatic heterocycles. The van der Waals surface area contributed by atoms with Gasteiger partial charge in [0.2, 0.25) is 0 Å². The molecule has 94 valence electrons. The van der Waals surface area contributed by atoms with E-state index in [4.69, 9.17) is 9.47 Å². The number of nitrogens with one attached hydrogen (secondary N) is 2. The minimum Gasteiger partial charge on any atom is -0.497 e. The summed E-state index contributed by atoms with van der Waals surface area (Å²) in [7, 11) is 3.35. The van der Waals surface area contributed by atoms with Crippen LogP contribution in [0, 0.1) is 5.92 Å². The molecule has 17 heavy (non-hydrogen) atoms. The minimum absolute atomic E-state index is 0.777. The molecule has 0 saturated carbocycles. The summed E-state index contributed by atoms with van der Waals surface area (Å²) in [4.78, 5) is 0. The molecule has 0 radical (unpaired) electrons. The summed E-state index contributed by atoms with van der Waals surface area (Å²) < 4.78 is 10.5. The fourth-order valence-corrected chi connectivity index (χ4v) is 1.90. The van der Waals surface area contributed by atoms with Crippen molar-refractivity contribution in [1.29, 1.82) is 0 Å². The molecule has 0 bridgehead atoms. The number of methoxy groups -OCH3 is 2. The van der Waals surface area contributed by atoms with Gasteiger partial charge < -0.3 is 20.1 Å². The smallest absolute Gasteiger partial charge is 0.127 e. The summed E-state index contributed by atoms with van der Waals surface area (Å²) in [6.45, 7) is 4.16. The van der Waals surface area contributed by atoms with Crippen LogP contribution in [0.4, 0.5) is 0 Å². The Labute approximate surface area is 102 Å². The van der Waals surface area contributed by atoms with Crippen molar-refractivity contribution in [2.24, 2.45) is 5.92 Å². The summed E-state index contributed by atoms with van der Waals surface area (Å²) in [6.07, 6.45) is 0. The van der Waals surface area contributed by atoms with Crippen molar-refractivity contribution < 1.29 is 9.47 Å². The number of hydrogen-bond donors (Lipinski definition) is 2. The van der Waals surface area contributed by atoms with E-state index in [1.54, 1.807) is 14.2 Å². The van der Waals surface area contributed by atoms with Gasteiger partial charge in [0, 0.05) is 37.8 Å². The van der Waals surface area contributed by atoms with E-state index in [1.807, 2.05) is 18.2 Å². The van der Waals surface area contributed by atoms with Crippen LogP contribution in [0.2, 0.25) is 0 Å². The summed E-state index contributed by atoms with van der Waals surface area (Å²) in [5.41, 5.74) is 1.17. The van der Waals surface area contributed by atoms with Gasteiger partial charge >= 0.3 is 0 Å². The van der Waals surface area contributed by atoms with Gasteiger partial charge in [-0.05, 0) is 12.0 Å². The molecule has 1 saturated heterocycles. The van der Waals surface area contributed by atoms with Crippen molar-refractivity contribution in [3.8, 4) is 11.5 Å². The standard InChI is InChI=1S/C13H20N2O2/c1-16-12-4-3-11(13(5-12)17-2)9-15-8-10-6-14-7-10/h3-5,10,14-15H,6-9H2,1-2H3. The van der Waals surface area contributed by atoms with Gasteiger partial charge in [-0.15, -0.1) is 0 Å². The maximum absolute atomic E-state index is 5.35. The molecule has 0 aliphatic carbocycles. The third-order valence-electron chi connectivity index (χ3n) is 3.11. The highest BCUT2D eigenvalue weighted by Crippen LogP contribution is 2.24. The first kappa shape index (κ1) is 12.2. The maximum atomic E-state index is 5.35. The number of ether oxygens (including phenoxy) is 2. The lowest BCUT2D eigenvalue weighted by Gasteiger charge is -2.27. The number of rotatable bonds is 6. The second-order valence-electron chi connectivity index (χ2n) is 4.33. The lowest BCUT2D eigenvalue weighted by Crippen LogP contribution is -2.47. The Hall–Kier alpha value is -1.26. The average Bonchev–Trinajstić information content (AvgIpc) is 2.32. The van der Waals surface area contributed by atoms with Crippen molar-refractivity contribution in [3.05, 3.63) is 23.8 Å². The summed E-state index contributed by atoms with van der Waals surface area (Å²) in [6, 6.07) is 5.93. The Morgan fingerprint density at radius 1 is 1.29 bits per heavy atom. The SMILES string of the molecule is COc1ccc(CNCC2CNC2)c(OC)c1. The van der Waals surface area contributed by atoms with Gasteiger partial charge in [0.25, 0.3) is 0 Å². The Kier molecular flexibility index (Phi) is 4.23. The van der Waals surface area contributed by atoms with Gasteiger partial charge in [-0.1, -0.05) is 6.07 Å². The first-order valence-corrected chi connectivity index (χ1v) is 5.96. The predicted molar refractivity (Wildman–Crippen MR) is 67.6 cm³/mol. The van der Waals surface area contributed by atoms with Gasteiger partial charge in [0.15, 0.2) is 0 Å². The molecular weight excluding hydrogens is 216 g/mol. The Bertz CT molecular complexity index is 364.